The summed E-state index contributed by atoms with van der Waals surface area (Å²) in [6, 6.07) is 7.52. The monoisotopic (exact) mass is 499 g/mol. The first-order valence-electron chi connectivity index (χ1n) is 9.43. The first kappa shape index (κ1) is 23.9. The normalized spacial score (nSPS) is 10.9. The number of hydrogen-bond acceptors (Lipinski definition) is 4. The Hall–Kier alpha value is -2.17. The van der Waals surface area contributed by atoms with Crippen LogP contribution in [0.2, 0.25) is 0 Å². The van der Waals surface area contributed by atoms with Gasteiger partial charge in [-0.05, 0) is 31.5 Å². The number of nitrogens with one attached hydrogen (secondary N) is 3. The maximum atomic E-state index is 11.8. The van der Waals surface area contributed by atoms with Gasteiger partial charge in [-0.25, -0.2) is 4.99 Å². The van der Waals surface area contributed by atoms with Crippen LogP contribution in [0, 0.1) is 0 Å². The second-order valence-electron chi connectivity index (χ2n) is 5.97. The molecule has 0 aliphatic heterocycles. The Morgan fingerprint density at radius 1 is 1.07 bits per heavy atom. The minimum Gasteiger partial charge on any atom is -0.357 e. The molecule has 0 aliphatic carbocycles. The Bertz CT molecular complexity index is 743. The number of hydrogen-bond donors (Lipinski definition) is 3. The summed E-state index contributed by atoms with van der Waals surface area (Å²) >= 11 is 0. The van der Waals surface area contributed by atoms with Crippen LogP contribution in [0.5, 0.6) is 0 Å². The van der Waals surface area contributed by atoms with Gasteiger partial charge < -0.3 is 20.5 Å². The van der Waals surface area contributed by atoms with Gasteiger partial charge in [0.1, 0.15) is 12.2 Å². The van der Waals surface area contributed by atoms with E-state index in [1.165, 1.54) is 0 Å². The lowest BCUT2D eigenvalue weighted by molar-refractivity contribution is 0.0956. The third kappa shape index (κ3) is 7.45. The number of amides is 1. The van der Waals surface area contributed by atoms with Crippen molar-refractivity contribution in [2.75, 3.05) is 19.6 Å². The summed E-state index contributed by atoms with van der Waals surface area (Å²) in [5.41, 5.74) is 1.71. The first-order chi connectivity index (χ1) is 13.2. The Morgan fingerprint density at radius 2 is 1.79 bits per heavy atom. The van der Waals surface area contributed by atoms with E-state index < -0.39 is 0 Å². The van der Waals surface area contributed by atoms with Crippen molar-refractivity contribution in [3.8, 4) is 0 Å². The Labute approximate surface area is 183 Å². The second-order valence-corrected chi connectivity index (χ2v) is 5.97. The summed E-state index contributed by atoms with van der Waals surface area (Å²) in [5, 5.41) is 17.4. The van der Waals surface area contributed by atoms with Gasteiger partial charge in [0.25, 0.3) is 5.91 Å². The quantitative estimate of drug-likeness (QED) is 0.279. The largest absolute Gasteiger partial charge is 0.357 e. The predicted molar refractivity (Wildman–Crippen MR) is 122 cm³/mol. The molecule has 1 amide bonds. The van der Waals surface area contributed by atoms with Crippen molar-refractivity contribution in [1.29, 1.82) is 0 Å². The summed E-state index contributed by atoms with van der Waals surface area (Å²) < 4.78 is 2.04. The molecule has 8 nitrogen and oxygen atoms in total. The van der Waals surface area contributed by atoms with Crippen molar-refractivity contribution in [3.63, 3.8) is 0 Å². The summed E-state index contributed by atoms with van der Waals surface area (Å²) in [4.78, 5) is 16.4. The standard InChI is InChI=1S/C19H29N7O.HI/c1-4-17-25-24-14-26(17)12-11-22-19(21-6-3)23-13-15-7-9-16(10-8-15)18(27)20-5-2;/h7-10,14H,4-6,11-13H2,1-3H3,(H,20,27)(H2,21,22,23);1H. The summed E-state index contributed by atoms with van der Waals surface area (Å²) in [6.45, 7) is 9.46. The lowest BCUT2D eigenvalue weighted by Crippen LogP contribution is -2.38. The zero-order chi connectivity index (χ0) is 19.5. The molecule has 0 fully saturated rings. The molecule has 0 saturated heterocycles. The summed E-state index contributed by atoms with van der Waals surface area (Å²) in [5.74, 6) is 1.69. The smallest absolute Gasteiger partial charge is 0.251 e. The second kappa shape index (κ2) is 13.1. The van der Waals surface area contributed by atoms with Gasteiger partial charge in [-0.3, -0.25) is 4.79 Å². The average molecular weight is 499 g/mol. The first-order valence-corrected chi connectivity index (χ1v) is 9.43. The maximum Gasteiger partial charge on any atom is 0.251 e. The van der Waals surface area contributed by atoms with E-state index in [1.807, 2.05) is 42.7 Å². The molecule has 28 heavy (non-hydrogen) atoms. The lowest BCUT2D eigenvalue weighted by atomic mass is 10.1. The van der Waals surface area contributed by atoms with Crippen LogP contribution in [0.1, 0.15) is 42.5 Å². The van der Waals surface area contributed by atoms with Gasteiger partial charge in [-0.1, -0.05) is 19.1 Å². The van der Waals surface area contributed by atoms with Crippen molar-refractivity contribution in [2.24, 2.45) is 4.99 Å². The van der Waals surface area contributed by atoms with Crippen LogP contribution in [0.15, 0.2) is 35.6 Å². The van der Waals surface area contributed by atoms with Crippen LogP contribution in [-0.4, -0.2) is 46.3 Å². The van der Waals surface area contributed by atoms with E-state index in [0.717, 1.165) is 43.4 Å². The highest BCUT2D eigenvalue weighted by Gasteiger charge is 2.04. The minimum absolute atomic E-state index is 0. The molecule has 2 aromatic rings. The third-order valence-corrected chi connectivity index (χ3v) is 3.97. The van der Waals surface area contributed by atoms with Gasteiger partial charge in [0.2, 0.25) is 0 Å². The number of nitrogens with zero attached hydrogens (tertiary/aromatic N) is 4. The topological polar surface area (TPSA) is 96.2 Å². The van der Waals surface area contributed by atoms with E-state index in [0.29, 0.717) is 18.7 Å². The van der Waals surface area contributed by atoms with Gasteiger partial charge >= 0.3 is 0 Å². The molecule has 9 heteroatoms. The van der Waals surface area contributed by atoms with E-state index in [4.69, 9.17) is 0 Å². The van der Waals surface area contributed by atoms with Gasteiger partial charge in [-0.2, -0.15) is 0 Å². The van der Waals surface area contributed by atoms with E-state index in [2.05, 4.69) is 38.1 Å². The predicted octanol–water partition coefficient (Wildman–Crippen LogP) is 1.96. The average Bonchev–Trinajstić information content (AvgIpc) is 3.14. The number of guanidine groups is 1. The zero-order valence-corrected chi connectivity index (χ0v) is 19.1. The number of aromatic nitrogens is 3. The van der Waals surface area contributed by atoms with Gasteiger partial charge in [-0.15, -0.1) is 34.2 Å². The fourth-order valence-corrected chi connectivity index (χ4v) is 2.57. The third-order valence-electron chi connectivity index (χ3n) is 3.97. The molecule has 0 spiro atoms. The number of halogens is 1. The number of carbonyl (C=O) groups is 1. The van der Waals surface area contributed by atoms with Crippen molar-refractivity contribution in [1.82, 2.24) is 30.7 Å². The molecule has 2 rings (SSSR count). The molecule has 3 N–H and O–H groups in total. The zero-order valence-electron chi connectivity index (χ0n) is 16.7. The summed E-state index contributed by atoms with van der Waals surface area (Å²) in [6.07, 6.45) is 2.61. The SMILES string of the molecule is CCNC(=O)c1ccc(CN=C(NCC)NCCn2cnnc2CC)cc1.I. The van der Waals surface area contributed by atoms with Crippen LogP contribution in [0.3, 0.4) is 0 Å². The van der Waals surface area contributed by atoms with E-state index in [9.17, 15) is 4.79 Å². The van der Waals surface area contributed by atoms with Gasteiger partial charge in [0, 0.05) is 38.2 Å². The minimum atomic E-state index is -0.0528. The lowest BCUT2D eigenvalue weighted by Gasteiger charge is -2.12. The fourth-order valence-electron chi connectivity index (χ4n) is 2.57. The molecule has 0 radical (unpaired) electrons. The maximum absolute atomic E-state index is 11.8. The van der Waals surface area contributed by atoms with Crippen molar-refractivity contribution < 1.29 is 4.79 Å². The molecular formula is C19H30IN7O. The Morgan fingerprint density at radius 3 is 2.43 bits per heavy atom. The van der Waals surface area contributed by atoms with Gasteiger partial charge in [0.05, 0.1) is 6.54 Å². The highest BCUT2D eigenvalue weighted by Crippen LogP contribution is 2.06. The molecular weight excluding hydrogens is 469 g/mol. The van der Waals surface area contributed by atoms with E-state index in [1.54, 1.807) is 6.33 Å². The van der Waals surface area contributed by atoms with E-state index in [-0.39, 0.29) is 29.9 Å². The molecule has 0 unspecified atom stereocenters. The molecule has 154 valence electrons. The Balaban J connectivity index is 0.00000392. The highest BCUT2D eigenvalue weighted by molar-refractivity contribution is 14.0. The summed E-state index contributed by atoms with van der Waals surface area (Å²) in [7, 11) is 0. The van der Waals surface area contributed by atoms with Crippen molar-refractivity contribution in [3.05, 3.63) is 47.5 Å². The molecule has 0 atom stereocenters. The van der Waals surface area contributed by atoms with Crippen molar-refractivity contribution in [2.45, 2.75) is 40.3 Å². The number of aryl methyl sites for hydroxylation is 1. The fraction of sp³-hybridized carbons (Fsp3) is 0.474. The number of benzene rings is 1. The molecule has 1 aromatic heterocycles. The molecule has 0 saturated carbocycles. The number of carbonyl (C=O) groups excluding carboxylic acids is 1. The van der Waals surface area contributed by atoms with Crippen LogP contribution in [-0.2, 0) is 19.5 Å². The molecule has 0 bridgehead atoms. The number of rotatable bonds is 9. The molecule has 0 aliphatic rings. The highest BCUT2D eigenvalue weighted by atomic mass is 127. The van der Waals surface area contributed by atoms with Crippen LogP contribution >= 0.6 is 24.0 Å². The van der Waals surface area contributed by atoms with Crippen LogP contribution < -0.4 is 16.0 Å². The van der Waals surface area contributed by atoms with Crippen LogP contribution in [0.4, 0.5) is 0 Å². The van der Waals surface area contributed by atoms with Crippen LogP contribution in [0.25, 0.3) is 0 Å². The van der Waals surface area contributed by atoms with Gasteiger partial charge in [0.15, 0.2) is 5.96 Å². The van der Waals surface area contributed by atoms with Crippen molar-refractivity contribution >= 4 is 35.8 Å². The molecule has 1 heterocycles. The molecule has 1 aromatic carbocycles. The van der Waals surface area contributed by atoms with E-state index >= 15 is 0 Å². The number of aliphatic imine (C=N–C) groups is 1. The Kier molecular flexibility index (Phi) is 11.2.